The van der Waals surface area contributed by atoms with Crippen molar-refractivity contribution in [1.29, 1.82) is 0 Å². The summed E-state index contributed by atoms with van der Waals surface area (Å²) in [5, 5.41) is 2.72. The minimum Gasteiger partial charge on any atom is -0.445 e. The average molecular weight is 302 g/mol. The van der Waals surface area contributed by atoms with Crippen LogP contribution in [-0.4, -0.2) is 41.8 Å². The van der Waals surface area contributed by atoms with Crippen LogP contribution in [0.5, 0.6) is 0 Å². The quantitative estimate of drug-likeness (QED) is 0.848. The molecule has 0 spiro atoms. The van der Waals surface area contributed by atoms with E-state index >= 15 is 0 Å². The molecule has 6 nitrogen and oxygen atoms in total. The number of ketones is 1. The molecule has 0 bridgehead atoms. The summed E-state index contributed by atoms with van der Waals surface area (Å²) in [6, 6.07) is 9.32. The molecule has 1 aromatic carbocycles. The Morgan fingerprint density at radius 2 is 2.00 bits per heavy atom. The number of nitrogens with zero attached hydrogens (tertiary/aromatic N) is 1. The van der Waals surface area contributed by atoms with Gasteiger partial charge in [0.05, 0.1) is 5.92 Å². The summed E-state index contributed by atoms with van der Waals surface area (Å²) in [5.41, 5.74) is 0.923. The molecule has 0 radical (unpaired) electrons. The van der Waals surface area contributed by atoms with E-state index < -0.39 is 6.09 Å². The van der Waals surface area contributed by atoms with Crippen molar-refractivity contribution in [2.24, 2.45) is 5.92 Å². The molecule has 2 aliphatic rings. The molecule has 2 saturated heterocycles. The fourth-order valence-electron chi connectivity index (χ4n) is 2.82. The topological polar surface area (TPSA) is 75.7 Å². The molecule has 0 unspecified atom stereocenters. The largest absolute Gasteiger partial charge is 0.445 e. The summed E-state index contributed by atoms with van der Waals surface area (Å²) in [6.45, 7) is 0.913. The van der Waals surface area contributed by atoms with E-state index in [1.165, 1.54) is 0 Å². The Balaban J connectivity index is 1.54. The molecular formula is C16H18N2O4. The number of hydrogen-bond acceptors (Lipinski definition) is 4. The summed E-state index contributed by atoms with van der Waals surface area (Å²) < 4.78 is 5.29. The van der Waals surface area contributed by atoms with Crippen molar-refractivity contribution in [2.45, 2.75) is 25.5 Å². The first-order valence-electron chi connectivity index (χ1n) is 7.41. The summed E-state index contributed by atoms with van der Waals surface area (Å²) in [4.78, 5) is 36.6. The van der Waals surface area contributed by atoms with Gasteiger partial charge in [-0.1, -0.05) is 30.3 Å². The SMILES string of the molecule is O=C1C[C@@H]([C@@H]2CN(C(=O)OCc3ccccc3)CCC2=O)N1. The number of rotatable bonds is 3. The normalized spacial score (nSPS) is 24.5. The zero-order chi connectivity index (χ0) is 15.5. The highest BCUT2D eigenvalue weighted by atomic mass is 16.6. The van der Waals surface area contributed by atoms with Gasteiger partial charge >= 0.3 is 6.09 Å². The standard InChI is InChI=1S/C16H18N2O4/c19-14-6-7-18(9-12(14)13-8-15(20)17-13)16(21)22-10-11-4-2-1-3-5-11/h1-5,12-13H,6-10H2,(H,17,20)/t12-,13-/m0/s1. The van der Waals surface area contributed by atoms with Crippen molar-refractivity contribution in [3.05, 3.63) is 35.9 Å². The molecule has 1 N–H and O–H groups in total. The first kappa shape index (κ1) is 14.6. The van der Waals surface area contributed by atoms with Crippen molar-refractivity contribution in [3.63, 3.8) is 0 Å². The fraction of sp³-hybridized carbons (Fsp3) is 0.438. The first-order valence-corrected chi connectivity index (χ1v) is 7.41. The molecule has 2 amide bonds. The van der Waals surface area contributed by atoms with Crippen LogP contribution in [0.4, 0.5) is 4.79 Å². The van der Waals surface area contributed by atoms with Gasteiger partial charge in [-0.25, -0.2) is 4.79 Å². The molecule has 2 aliphatic heterocycles. The third-order valence-corrected chi connectivity index (χ3v) is 4.16. The average Bonchev–Trinajstić information content (AvgIpc) is 2.51. The van der Waals surface area contributed by atoms with Crippen molar-refractivity contribution in [2.75, 3.05) is 13.1 Å². The molecule has 6 heteroatoms. The van der Waals surface area contributed by atoms with Crippen molar-refractivity contribution < 1.29 is 19.1 Å². The van der Waals surface area contributed by atoms with E-state index in [4.69, 9.17) is 4.74 Å². The lowest BCUT2D eigenvalue weighted by atomic mass is 9.84. The van der Waals surface area contributed by atoms with Crippen LogP contribution in [0, 0.1) is 5.92 Å². The molecule has 22 heavy (non-hydrogen) atoms. The number of amides is 2. The van der Waals surface area contributed by atoms with Crippen LogP contribution in [0.2, 0.25) is 0 Å². The number of carbonyl (C=O) groups excluding carboxylic acids is 3. The smallest absolute Gasteiger partial charge is 0.410 e. The lowest BCUT2D eigenvalue weighted by Crippen LogP contribution is -2.59. The van der Waals surface area contributed by atoms with Crippen LogP contribution in [0.1, 0.15) is 18.4 Å². The minimum absolute atomic E-state index is 0.0402. The lowest BCUT2D eigenvalue weighted by Gasteiger charge is -2.39. The second-order valence-corrected chi connectivity index (χ2v) is 5.69. The summed E-state index contributed by atoms with van der Waals surface area (Å²) in [5.74, 6) is -0.241. The molecule has 0 aromatic heterocycles. The van der Waals surface area contributed by atoms with Gasteiger partial charge in [0.25, 0.3) is 0 Å². The zero-order valence-corrected chi connectivity index (χ0v) is 12.2. The van der Waals surface area contributed by atoms with Gasteiger partial charge in [-0.05, 0) is 5.56 Å². The molecule has 2 fully saturated rings. The molecule has 1 aromatic rings. The maximum Gasteiger partial charge on any atom is 0.410 e. The first-order chi connectivity index (χ1) is 10.6. The van der Waals surface area contributed by atoms with Gasteiger partial charge in [0.1, 0.15) is 12.4 Å². The van der Waals surface area contributed by atoms with Gasteiger partial charge in [-0.15, -0.1) is 0 Å². The maximum atomic E-state index is 12.1. The van der Waals surface area contributed by atoms with Crippen LogP contribution in [0.3, 0.4) is 0 Å². The van der Waals surface area contributed by atoms with Gasteiger partial charge in [0.2, 0.25) is 5.91 Å². The number of Topliss-reactive ketones (excluding diaryl/α,β-unsaturated/α-hetero) is 1. The minimum atomic E-state index is -0.410. The molecule has 0 aliphatic carbocycles. The molecule has 2 heterocycles. The van der Waals surface area contributed by atoms with Crippen LogP contribution in [-0.2, 0) is 20.9 Å². The summed E-state index contributed by atoms with van der Waals surface area (Å²) in [7, 11) is 0. The summed E-state index contributed by atoms with van der Waals surface area (Å²) >= 11 is 0. The van der Waals surface area contributed by atoms with Gasteiger partial charge in [0, 0.05) is 32.0 Å². The van der Waals surface area contributed by atoms with Gasteiger partial charge in [-0.3, -0.25) is 9.59 Å². The lowest BCUT2D eigenvalue weighted by molar-refractivity contribution is -0.134. The Hall–Kier alpha value is -2.37. The number of carbonyl (C=O) groups is 3. The number of likely N-dealkylation sites (tertiary alicyclic amines) is 1. The van der Waals surface area contributed by atoms with E-state index in [-0.39, 0.29) is 30.3 Å². The number of hydrogen-bond donors (Lipinski definition) is 1. The molecule has 116 valence electrons. The van der Waals surface area contributed by atoms with Crippen LogP contribution >= 0.6 is 0 Å². The maximum absolute atomic E-state index is 12.1. The van der Waals surface area contributed by atoms with E-state index in [9.17, 15) is 14.4 Å². The monoisotopic (exact) mass is 302 g/mol. The second-order valence-electron chi connectivity index (χ2n) is 5.69. The second kappa shape index (κ2) is 6.17. The number of β-lactam (4-membered cyclic amide) rings is 1. The van der Waals surface area contributed by atoms with E-state index in [1.54, 1.807) is 4.90 Å². The van der Waals surface area contributed by atoms with Crippen LogP contribution in [0.25, 0.3) is 0 Å². The van der Waals surface area contributed by atoms with Crippen molar-refractivity contribution in [3.8, 4) is 0 Å². The van der Waals surface area contributed by atoms with E-state index in [0.717, 1.165) is 5.56 Å². The van der Waals surface area contributed by atoms with E-state index in [0.29, 0.717) is 25.9 Å². The van der Waals surface area contributed by atoms with Gasteiger partial charge in [-0.2, -0.15) is 0 Å². The third kappa shape index (κ3) is 3.10. The Kier molecular flexibility index (Phi) is 4.09. The van der Waals surface area contributed by atoms with Crippen molar-refractivity contribution in [1.82, 2.24) is 10.2 Å². The van der Waals surface area contributed by atoms with Crippen molar-refractivity contribution >= 4 is 17.8 Å². The number of piperidine rings is 1. The summed E-state index contributed by atoms with van der Waals surface area (Å²) in [6.07, 6.45) is 0.271. The van der Waals surface area contributed by atoms with Gasteiger partial charge in [0.15, 0.2) is 0 Å². The van der Waals surface area contributed by atoms with Crippen LogP contribution < -0.4 is 5.32 Å². The third-order valence-electron chi connectivity index (χ3n) is 4.16. The van der Waals surface area contributed by atoms with E-state index in [1.807, 2.05) is 30.3 Å². The Morgan fingerprint density at radius 3 is 2.68 bits per heavy atom. The Morgan fingerprint density at radius 1 is 1.27 bits per heavy atom. The number of nitrogens with one attached hydrogen (secondary N) is 1. The van der Waals surface area contributed by atoms with E-state index in [2.05, 4.69) is 5.32 Å². The van der Waals surface area contributed by atoms with Gasteiger partial charge < -0.3 is 15.0 Å². The number of ether oxygens (including phenoxy) is 1. The Bertz CT molecular complexity index is 579. The molecular weight excluding hydrogens is 284 g/mol. The Labute approximate surface area is 128 Å². The number of benzene rings is 1. The molecule has 0 saturated carbocycles. The highest BCUT2D eigenvalue weighted by molar-refractivity contribution is 5.89. The predicted molar refractivity (Wildman–Crippen MR) is 77.9 cm³/mol. The van der Waals surface area contributed by atoms with Crippen LogP contribution in [0.15, 0.2) is 30.3 Å². The zero-order valence-electron chi connectivity index (χ0n) is 12.2. The fourth-order valence-corrected chi connectivity index (χ4v) is 2.82. The highest BCUT2D eigenvalue weighted by Crippen LogP contribution is 2.23. The predicted octanol–water partition coefficient (Wildman–Crippen LogP) is 1.10. The molecule has 3 rings (SSSR count). The highest BCUT2D eigenvalue weighted by Gasteiger charge is 2.41. The molecule has 2 atom stereocenters.